The topological polar surface area (TPSA) is 60.7 Å². The molecule has 134 valence electrons. The van der Waals surface area contributed by atoms with Crippen LogP contribution >= 0.6 is 11.3 Å². The summed E-state index contributed by atoms with van der Waals surface area (Å²) in [5.74, 6) is -2.74. The number of aromatic nitrogens is 1. The molecule has 0 fully saturated rings. The van der Waals surface area contributed by atoms with Crippen LogP contribution in [0, 0.1) is 11.6 Å². The van der Waals surface area contributed by atoms with Crippen molar-refractivity contribution >= 4 is 33.4 Å². The largest absolute Gasteiger partial charge is 0.465 e. The van der Waals surface area contributed by atoms with E-state index < -0.39 is 23.5 Å². The molecule has 0 aliphatic carbocycles. The third-order valence-corrected chi connectivity index (χ3v) is 4.53. The highest BCUT2D eigenvalue weighted by Crippen LogP contribution is 2.22. The first-order chi connectivity index (χ1) is 12.5. The lowest BCUT2D eigenvalue weighted by atomic mass is 10.2. The number of hydrogen-bond acceptors (Lipinski definition) is 4. The molecule has 0 N–H and O–H groups in total. The van der Waals surface area contributed by atoms with Gasteiger partial charge in [-0.2, -0.15) is 4.99 Å². The predicted octanol–water partition coefficient (Wildman–Crippen LogP) is 3.29. The molecule has 0 aliphatic rings. The van der Waals surface area contributed by atoms with Crippen molar-refractivity contribution < 1.29 is 23.1 Å². The molecule has 3 aromatic rings. The number of benzene rings is 2. The maximum atomic E-state index is 14.3. The van der Waals surface area contributed by atoms with Gasteiger partial charge in [-0.1, -0.05) is 29.5 Å². The van der Waals surface area contributed by atoms with Crippen molar-refractivity contribution in [3.8, 4) is 0 Å². The monoisotopic (exact) mass is 376 g/mol. The number of halogens is 2. The van der Waals surface area contributed by atoms with Gasteiger partial charge in [0.1, 0.15) is 12.4 Å². The summed E-state index contributed by atoms with van der Waals surface area (Å²) in [7, 11) is 0. The molecule has 0 saturated heterocycles. The Morgan fingerprint density at radius 2 is 1.92 bits per heavy atom. The average Bonchev–Trinajstić information content (AvgIpc) is 2.93. The van der Waals surface area contributed by atoms with E-state index in [4.69, 9.17) is 4.74 Å². The maximum Gasteiger partial charge on any atom is 0.326 e. The van der Waals surface area contributed by atoms with Crippen molar-refractivity contribution in [1.82, 2.24) is 4.57 Å². The standard InChI is InChI=1S/C18H14F2N2O3S/c1-2-25-15(23)10-22-16-13(20)8-12(19)9-14(16)26-18(22)21-17(24)11-6-4-3-5-7-11/h3-9H,2,10H2,1H3. The smallest absolute Gasteiger partial charge is 0.326 e. The van der Waals surface area contributed by atoms with Gasteiger partial charge in [0, 0.05) is 11.6 Å². The Balaban J connectivity index is 2.17. The lowest BCUT2D eigenvalue weighted by molar-refractivity contribution is -0.143. The summed E-state index contributed by atoms with van der Waals surface area (Å²) in [6.07, 6.45) is 0. The summed E-state index contributed by atoms with van der Waals surface area (Å²) in [5, 5.41) is 0. The van der Waals surface area contributed by atoms with Gasteiger partial charge in [-0.3, -0.25) is 9.59 Å². The van der Waals surface area contributed by atoms with Gasteiger partial charge in [0.05, 0.1) is 16.8 Å². The molecule has 0 aliphatic heterocycles. The SMILES string of the molecule is CCOC(=O)Cn1c(=NC(=O)c2ccccc2)sc2cc(F)cc(F)c21. The van der Waals surface area contributed by atoms with Crippen molar-refractivity contribution in [2.24, 2.45) is 4.99 Å². The van der Waals surface area contributed by atoms with Crippen molar-refractivity contribution in [3.63, 3.8) is 0 Å². The van der Waals surface area contributed by atoms with Gasteiger partial charge in [0.15, 0.2) is 10.6 Å². The first-order valence-electron chi connectivity index (χ1n) is 7.77. The van der Waals surface area contributed by atoms with Crippen LogP contribution in [0.25, 0.3) is 10.2 Å². The number of esters is 1. The molecule has 0 saturated carbocycles. The highest BCUT2D eigenvalue weighted by Gasteiger charge is 2.17. The van der Waals surface area contributed by atoms with Crippen LogP contribution in [0.2, 0.25) is 0 Å². The Kier molecular flexibility index (Phi) is 5.22. The molecule has 0 bridgehead atoms. The van der Waals surface area contributed by atoms with Gasteiger partial charge in [-0.25, -0.2) is 8.78 Å². The number of carbonyl (C=O) groups is 2. The zero-order valence-corrected chi connectivity index (χ0v) is 14.6. The minimum Gasteiger partial charge on any atom is -0.465 e. The Labute approximate surface area is 151 Å². The van der Waals surface area contributed by atoms with Crippen LogP contribution in [0.4, 0.5) is 8.78 Å². The molecule has 1 aromatic heterocycles. The fourth-order valence-corrected chi connectivity index (χ4v) is 3.50. The average molecular weight is 376 g/mol. The van der Waals surface area contributed by atoms with Crippen LogP contribution in [0.1, 0.15) is 17.3 Å². The van der Waals surface area contributed by atoms with Gasteiger partial charge in [0.2, 0.25) is 0 Å². The highest BCUT2D eigenvalue weighted by atomic mass is 32.1. The van der Waals surface area contributed by atoms with E-state index in [9.17, 15) is 18.4 Å². The summed E-state index contributed by atoms with van der Waals surface area (Å²) in [6, 6.07) is 10.2. The fourth-order valence-electron chi connectivity index (χ4n) is 2.43. The van der Waals surface area contributed by atoms with Gasteiger partial charge in [-0.05, 0) is 25.1 Å². The normalized spacial score (nSPS) is 11.7. The third-order valence-electron chi connectivity index (χ3n) is 3.51. The zero-order valence-electron chi connectivity index (χ0n) is 13.7. The molecule has 8 heteroatoms. The summed E-state index contributed by atoms with van der Waals surface area (Å²) in [6.45, 7) is 1.47. The highest BCUT2D eigenvalue weighted by molar-refractivity contribution is 7.16. The quantitative estimate of drug-likeness (QED) is 0.657. The van der Waals surface area contributed by atoms with Crippen molar-refractivity contribution in [2.45, 2.75) is 13.5 Å². The van der Waals surface area contributed by atoms with Crippen LogP contribution in [-0.2, 0) is 16.1 Å². The molecule has 2 aromatic carbocycles. The van der Waals surface area contributed by atoms with E-state index in [-0.39, 0.29) is 28.2 Å². The number of fused-ring (bicyclic) bond motifs is 1. The van der Waals surface area contributed by atoms with Crippen LogP contribution in [0.5, 0.6) is 0 Å². The molecular formula is C18H14F2N2O3S. The Bertz CT molecular complexity index is 1040. The van der Waals surface area contributed by atoms with Crippen LogP contribution < -0.4 is 4.80 Å². The minimum atomic E-state index is -0.839. The van der Waals surface area contributed by atoms with E-state index >= 15 is 0 Å². The minimum absolute atomic E-state index is 0.00376. The molecule has 0 radical (unpaired) electrons. The van der Waals surface area contributed by atoms with Gasteiger partial charge in [0.25, 0.3) is 5.91 Å². The van der Waals surface area contributed by atoms with Crippen LogP contribution in [0.3, 0.4) is 0 Å². The lowest BCUT2D eigenvalue weighted by Crippen LogP contribution is -2.23. The second-order valence-electron chi connectivity index (χ2n) is 5.29. The predicted molar refractivity (Wildman–Crippen MR) is 92.7 cm³/mol. The van der Waals surface area contributed by atoms with Crippen molar-refractivity contribution in [3.05, 3.63) is 64.5 Å². The molecule has 5 nitrogen and oxygen atoms in total. The molecule has 0 atom stereocenters. The maximum absolute atomic E-state index is 14.3. The zero-order chi connectivity index (χ0) is 18.7. The van der Waals surface area contributed by atoms with Gasteiger partial charge < -0.3 is 9.30 Å². The lowest BCUT2D eigenvalue weighted by Gasteiger charge is -2.05. The molecule has 1 heterocycles. The molecule has 0 spiro atoms. The first kappa shape index (κ1) is 17.9. The molecule has 26 heavy (non-hydrogen) atoms. The van der Waals surface area contributed by atoms with Crippen molar-refractivity contribution in [2.75, 3.05) is 6.61 Å². The van der Waals surface area contributed by atoms with E-state index in [0.717, 1.165) is 23.5 Å². The number of nitrogens with zero attached hydrogens (tertiary/aromatic N) is 2. The Morgan fingerprint density at radius 3 is 2.62 bits per heavy atom. The number of carbonyl (C=O) groups excluding carboxylic acids is 2. The summed E-state index contributed by atoms with van der Waals surface area (Å²) in [5.41, 5.74) is 0.350. The Morgan fingerprint density at radius 1 is 1.19 bits per heavy atom. The molecule has 0 unspecified atom stereocenters. The summed E-state index contributed by atoms with van der Waals surface area (Å²) in [4.78, 5) is 28.3. The summed E-state index contributed by atoms with van der Waals surface area (Å²) < 4.78 is 34.2. The number of thiazole rings is 1. The second-order valence-corrected chi connectivity index (χ2v) is 6.30. The fraction of sp³-hybridized carbons (Fsp3) is 0.167. The molecule has 1 amide bonds. The third kappa shape index (κ3) is 3.70. The second kappa shape index (κ2) is 7.57. The van der Waals surface area contributed by atoms with E-state index in [2.05, 4.69) is 4.99 Å². The molecule has 3 rings (SSSR count). The first-order valence-corrected chi connectivity index (χ1v) is 8.59. The van der Waals surface area contributed by atoms with E-state index in [1.807, 2.05) is 0 Å². The van der Waals surface area contributed by atoms with Gasteiger partial charge in [-0.15, -0.1) is 0 Å². The van der Waals surface area contributed by atoms with Gasteiger partial charge >= 0.3 is 5.97 Å². The van der Waals surface area contributed by atoms with Crippen LogP contribution in [-0.4, -0.2) is 23.1 Å². The number of rotatable bonds is 4. The van der Waals surface area contributed by atoms with E-state index in [0.29, 0.717) is 5.56 Å². The number of ether oxygens (including phenoxy) is 1. The van der Waals surface area contributed by atoms with E-state index in [1.54, 1.807) is 37.3 Å². The van der Waals surface area contributed by atoms with Crippen LogP contribution in [0.15, 0.2) is 47.5 Å². The van der Waals surface area contributed by atoms with Crippen molar-refractivity contribution in [1.29, 1.82) is 0 Å². The number of hydrogen-bond donors (Lipinski definition) is 0. The number of amides is 1. The Hall–Kier alpha value is -2.87. The van der Waals surface area contributed by atoms with E-state index in [1.165, 1.54) is 4.57 Å². The molecular weight excluding hydrogens is 362 g/mol. The summed E-state index contributed by atoms with van der Waals surface area (Å²) >= 11 is 0.923.